The number of hydrogen-bond donors (Lipinski definition) is 1. The van der Waals surface area contributed by atoms with E-state index in [1.165, 1.54) is 38.8 Å². The van der Waals surface area contributed by atoms with Crippen LogP contribution in [0.25, 0.3) is 0 Å². The van der Waals surface area contributed by atoms with Crippen LogP contribution in [-0.4, -0.2) is 37.1 Å². The van der Waals surface area contributed by atoms with E-state index in [0.29, 0.717) is 0 Å². The van der Waals surface area contributed by atoms with Crippen LogP contribution in [0.15, 0.2) is 0 Å². The summed E-state index contributed by atoms with van der Waals surface area (Å²) in [6.45, 7) is 13.7. The largest absolute Gasteiger partial charge is 0.316 e. The van der Waals surface area contributed by atoms with Crippen LogP contribution >= 0.6 is 0 Å². The van der Waals surface area contributed by atoms with Gasteiger partial charge in [-0.3, -0.25) is 4.90 Å². The van der Waals surface area contributed by atoms with Crippen molar-refractivity contribution in [2.45, 2.75) is 59.4 Å². The Morgan fingerprint density at radius 1 is 1.00 bits per heavy atom. The summed E-state index contributed by atoms with van der Waals surface area (Å²) in [5.41, 5.74) is 0. The van der Waals surface area contributed by atoms with Crippen molar-refractivity contribution in [2.24, 2.45) is 0 Å². The van der Waals surface area contributed by atoms with Crippen molar-refractivity contribution in [3.63, 3.8) is 0 Å². The number of hydrogen-bond acceptors (Lipinski definition) is 2. The van der Waals surface area contributed by atoms with Gasteiger partial charge in [-0.25, -0.2) is 0 Å². The van der Waals surface area contributed by atoms with Crippen molar-refractivity contribution in [1.82, 2.24) is 10.2 Å². The minimum absolute atomic E-state index is 0.809. The van der Waals surface area contributed by atoms with E-state index in [4.69, 9.17) is 0 Å². The van der Waals surface area contributed by atoms with E-state index in [9.17, 15) is 0 Å². The second-order valence-corrected chi connectivity index (χ2v) is 4.21. The third-order valence-electron chi connectivity index (χ3n) is 2.99. The highest BCUT2D eigenvalue weighted by atomic mass is 15.2. The highest BCUT2D eigenvalue weighted by Gasteiger charge is 2.14. The Morgan fingerprint density at radius 3 is 2.00 bits per heavy atom. The summed E-state index contributed by atoms with van der Waals surface area (Å²) in [6.07, 6.45) is 5.33. The van der Waals surface area contributed by atoms with E-state index in [-0.39, 0.29) is 0 Å². The first kappa shape index (κ1) is 14.9. The molecule has 0 radical (unpaired) electrons. The van der Waals surface area contributed by atoms with E-state index in [1.807, 2.05) is 0 Å². The SMILES string of the molecule is CCCC(CCC)N(CC)CCNCC. The fourth-order valence-electron chi connectivity index (χ4n) is 2.17. The van der Waals surface area contributed by atoms with Gasteiger partial charge < -0.3 is 5.32 Å². The normalized spacial score (nSPS) is 11.6. The highest BCUT2D eigenvalue weighted by molar-refractivity contribution is 4.70. The summed E-state index contributed by atoms with van der Waals surface area (Å²) < 4.78 is 0. The molecule has 0 aliphatic carbocycles. The molecule has 0 aliphatic heterocycles. The van der Waals surface area contributed by atoms with Crippen LogP contribution in [-0.2, 0) is 0 Å². The first-order valence-corrected chi connectivity index (χ1v) is 6.74. The molecule has 2 nitrogen and oxygen atoms in total. The van der Waals surface area contributed by atoms with Gasteiger partial charge >= 0.3 is 0 Å². The van der Waals surface area contributed by atoms with Crippen LogP contribution in [0.5, 0.6) is 0 Å². The second-order valence-electron chi connectivity index (χ2n) is 4.21. The molecule has 0 heterocycles. The molecule has 0 saturated carbocycles. The Kier molecular flexibility index (Phi) is 10.4. The van der Waals surface area contributed by atoms with Crippen molar-refractivity contribution < 1.29 is 0 Å². The van der Waals surface area contributed by atoms with Crippen LogP contribution in [0.3, 0.4) is 0 Å². The van der Waals surface area contributed by atoms with Gasteiger partial charge in [-0.1, -0.05) is 40.5 Å². The molecule has 0 fully saturated rings. The van der Waals surface area contributed by atoms with Gasteiger partial charge in [-0.15, -0.1) is 0 Å². The van der Waals surface area contributed by atoms with Gasteiger partial charge in [0.15, 0.2) is 0 Å². The highest BCUT2D eigenvalue weighted by Crippen LogP contribution is 2.12. The van der Waals surface area contributed by atoms with Crippen molar-refractivity contribution in [1.29, 1.82) is 0 Å². The third-order valence-corrected chi connectivity index (χ3v) is 2.99. The molecule has 2 heteroatoms. The Balaban J connectivity index is 3.93. The average Bonchev–Trinajstić information content (AvgIpc) is 2.24. The van der Waals surface area contributed by atoms with Crippen LogP contribution in [0.1, 0.15) is 53.4 Å². The standard InChI is InChI=1S/C13H30N2/c1-5-9-13(10-6-2)15(8-4)12-11-14-7-3/h13-14H,5-12H2,1-4H3. The van der Waals surface area contributed by atoms with Crippen LogP contribution in [0.2, 0.25) is 0 Å². The molecular weight excluding hydrogens is 184 g/mol. The molecule has 0 aromatic heterocycles. The number of likely N-dealkylation sites (N-methyl/N-ethyl adjacent to an activating group) is 2. The molecule has 92 valence electrons. The monoisotopic (exact) mass is 214 g/mol. The number of nitrogens with zero attached hydrogens (tertiary/aromatic N) is 1. The maximum atomic E-state index is 3.41. The quantitative estimate of drug-likeness (QED) is 0.563. The van der Waals surface area contributed by atoms with Gasteiger partial charge in [0.25, 0.3) is 0 Å². The minimum Gasteiger partial charge on any atom is -0.316 e. The molecule has 0 atom stereocenters. The van der Waals surface area contributed by atoms with E-state index in [2.05, 4.69) is 37.9 Å². The third kappa shape index (κ3) is 6.91. The molecule has 0 rings (SSSR count). The van der Waals surface area contributed by atoms with Gasteiger partial charge in [0.05, 0.1) is 0 Å². The molecular formula is C13H30N2. The molecule has 0 aromatic rings. The molecule has 0 amide bonds. The van der Waals surface area contributed by atoms with Crippen LogP contribution < -0.4 is 5.32 Å². The summed E-state index contributed by atoms with van der Waals surface area (Å²) in [7, 11) is 0. The van der Waals surface area contributed by atoms with Crippen molar-refractivity contribution in [3.05, 3.63) is 0 Å². The molecule has 0 bridgehead atoms. The lowest BCUT2D eigenvalue weighted by molar-refractivity contribution is 0.185. The zero-order valence-corrected chi connectivity index (χ0v) is 11.2. The summed E-state index contributed by atoms with van der Waals surface area (Å²) in [6, 6.07) is 0.809. The fraction of sp³-hybridized carbons (Fsp3) is 1.00. The molecule has 1 N–H and O–H groups in total. The van der Waals surface area contributed by atoms with Gasteiger partial charge in [0.2, 0.25) is 0 Å². The Bertz CT molecular complexity index is 120. The van der Waals surface area contributed by atoms with Crippen molar-refractivity contribution in [2.75, 3.05) is 26.2 Å². The van der Waals surface area contributed by atoms with Gasteiger partial charge in [0.1, 0.15) is 0 Å². The molecule has 0 aromatic carbocycles. The van der Waals surface area contributed by atoms with E-state index in [0.717, 1.165) is 19.1 Å². The van der Waals surface area contributed by atoms with Gasteiger partial charge in [-0.2, -0.15) is 0 Å². The lowest BCUT2D eigenvalue weighted by atomic mass is 10.0. The minimum atomic E-state index is 0.809. The topological polar surface area (TPSA) is 15.3 Å². The zero-order chi connectivity index (χ0) is 11.5. The average molecular weight is 214 g/mol. The summed E-state index contributed by atoms with van der Waals surface area (Å²) >= 11 is 0. The summed E-state index contributed by atoms with van der Waals surface area (Å²) in [5, 5.41) is 3.41. The Morgan fingerprint density at radius 2 is 1.60 bits per heavy atom. The van der Waals surface area contributed by atoms with E-state index in [1.54, 1.807) is 0 Å². The fourth-order valence-corrected chi connectivity index (χ4v) is 2.17. The molecule has 0 saturated heterocycles. The summed E-state index contributed by atoms with van der Waals surface area (Å²) in [4.78, 5) is 2.63. The first-order valence-electron chi connectivity index (χ1n) is 6.74. The van der Waals surface area contributed by atoms with Crippen molar-refractivity contribution in [3.8, 4) is 0 Å². The van der Waals surface area contributed by atoms with E-state index < -0.39 is 0 Å². The molecule has 0 unspecified atom stereocenters. The lowest BCUT2D eigenvalue weighted by Gasteiger charge is -2.30. The van der Waals surface area contributed by atoms with Crippen molar-refractivity contribution >= 4 is 0 Å². The smallest absolute Gasteiger partial charge is 0.0110 e. The Labute approximate surface area is 96.4 Å². The van der Waals surface area contributed by atoms with Gasteiger partial charge in [0, 0.05) is 19.1 Å². The summed E-state index contributed by atoms with van der Waals surface area (Å²) in [5.74, 6) is 0. The molecule has 15 heavy (non-hydrogen) atoms. The maximum absolute atomic E-state index is 3.41. The zero-order valence-electron chi connectivity index (χ0n) is 11.2. The maximum Gasteiger partial charge on any atom is 0.0110 e. The molecule has 0 aliphatic rings. The second kappa shape index (κ2) is 10.4. The van der Waals surface area contributed by atoms with Gasteiger partial charge in [-0.05, 0) is 25.9 Å². The van der Waals surface area contributed by atoms with E-state index >= 15 is 0 Å². The Hall–Kier alpha value is -0.0800. The number of nitrogens with one attached hydrogen (secondary N) is 1. The number of rotatable bonds is 10. The molecule has 0 spiro atoms. The lowest BCUT2D eigenvalue weighted by Crippen LogP contribution is -2.39. The first-order chi connectivity index (χ1) is 7.29. The van der Waals surface area contributed by atoms with Crippen LogP contribution in [0, 0.1) is 0 Å². The predicted molar refractivity (Wildman–Crippen MR) is 69.4 cm³/mol. The van der Waals surface area contributed by atoms with Crippen LogP contribution in [0.4, 0.5) is 0 Å². The predicted octanol–water partition coefficient (Wildman–Crippen LogP) is 2.89.